The smallest absolute Gasteiger partial charge is 0.237 e. The van der Waals surface area contributed by atoms with Crippen molar-refractivity contribution in [3.63, 3.8) is 0 Å². The van der Waals surface area contributed by atoms with E-state index in [0.717, 1.165) is 36.3 Å². The Labute approximate surface area is 108 Å². The van der Waals surface area contributed by atoms with Gasteiger partial charge in [-0.3, -0.25) is 4.79 Å². The van der Waals surface area contributed by atoms with Gasteiger partial charge in [0.15, 0.2) is 0 Å². The molecule has 1 atom stereocenters. The average molecular weight is 253 g/mol. The Morgan fingerprint density at radius 3 is 2.67 bits per heavy atom. The average Bonchev–Trinajstić information content (AvgIpc) is 2.78. The highest BCUT2D eigenvalue weighted by Crippen LogP contribution is 2.15. The highest BCUT2D eigenvalue weighted by Gasteiger charge is 2.16. The second-order valence-corrected chi connectivity index (χ2v) is 4.35. The van der Waals surface area contributed by atoms with Gasteiger partial charge in [0.05, 0.1) is 11.7 Å². The van der Waals surface area contributed by atoms with E-state index >= 15 is 0 Å². The van der Waals surface area contributed by atoms with Crippen molar-refractivity contribution in [1.82, 2.24) is 10.5 Å². The summed E-state index contributed by atoms with van der Waals surface area (Å²) in [4.78, 5) is 11.7. The van der Waals surface area contributed by atoms with Crippen LogP contribution in [-0.4, -0.2) is 17.1 Å². The van der Waals surface area contributed by atoms with Crippen LogP contribution in [0.2, 0.25) is 0 Å². The van der Waals surface area contributed by atoms with E-state index in [9.17, 15) is 4.79 Å². The zero-order chi connectivity index (χ0) is 13.5. The summed E-state index contributed by atoms with van der Waals surface area (Å²) >= 11 is 0. The molecule has 5 nitrogen and oxygen atoms in total. The van der Waals surface area contributed by atoms with Gasteiger partial charge in [0.25, 0.3) is 0 Å². The first-order chi connectivity index (χ1) is 8.63. The van der Waals surface area contributed by atoms with Crippen LogP contribution in [-0.2, 0) is 24.2 Å². The largest absolute Gasteiger partial charge is 0.361 e. The predicted molar refractivity (Wildman–Crippen MR) is 70.0 cm³/mol. The van der Waals surface area contributed by atoms with E-state index in [0.29, 0.717) is 13.0 Å². The van der Waals surface area contributed by atoms with Crippen LogP contribution in [0.3, 0.4) is 0 Å². The van der Waals surface area contributed by atoms with Crippen LogP contribution in [0.4, 0.5) is 0 Å². The lowest BCUT2D eigenvalue weighted by atomic mass is 10.1. The SMILES string of the molecule is CCCC(N)C(=O)NCc1c(CC)noc1CC. The van der Waals surface area contributed by atoms with Gasteiger partial charge in [0.2, 0.25) is 5.91 Å². The van der Waals surface area contributed by atoms with Gasteiger partial charge in [-0.2, -0.15) is 0 Å². The van der Waals surface area contributed by atoms with Crippen molar-refractivity contribution >= 4 is 5.91 Å². The molecule has 0 spiro atoms. The summed E-state index contributed by atoms with van der Waals surface area (Å²) in [6.45, 7) is 6.49. The number of aromatic nitrogens is 1. The Morgan fingerprint density at radius 2 is 2.11 bits per heavy atom. The highest BCUT2D eigenvalue weighted by atomic mass is 16.5. The fraction of sp³-hybridized carbons (Fsp3) is 0.692. The zero-order valence-electron chi connectivity index (χ0n) is 11.5. The Morgan fingerprint density at radius 1 is 1.39 bits per heavy atom. The molecule has 0 fully saturated rings. The molecule has 0 aliphatic rings. The molecule has 0 bridgehead atoms. The van der Waals surface area contributed by atoms with Crippen LogP contribution in [0.5, 0.6) is 0 Å². The first-order valence-corrected chi connectivity index (χ1v) is 6.63. The molecule has 0 saturated heterocycles. The van der Waals surface area contributed by atoms with Gasteiger partial charge >= 0.3 is 0 Å². The van der Waals surface area contributed by atoms with E-state index in [2.05, 4.69) is 10.5 Å². The third kappa shape index (κ3) is 3.57. The van der Waals surface area contributed by atoms with Crippen molar-refractivity contribution in [2.75, 3.05) is 0 Å². The topological polar surface area (TPSA) is 81.2 Å². The molecular formula is C13H23N3O2. The number of nitrogens with two attached hydrogens (primary N) is 1. The number of aryl methyl sites for hydroxylation is 2. The summed E-state index contributed by atoms with van der Waals surface area (Å²) in [7, 11) is 0. The number of amides is 1. The molecule has 1 unspecified atom stereocenters. The van der Waals surface area contributed by atoms with Crippen LogP contribution >= 0.6 is 0 Å². The molecule has 1 aromatic heterocycles. The number of rotatable bonds is 7. The molecular weight excluding hydrogens is 230 g/mol. The third-order valence-electron chi connectivity index (χ3n) is 2.98. The number of carbonyl (C=O) groups excluding carboxylic acids is 1. The van der Waals surface area contributed by atoms with Crippen LogP contribution in [0.1, 0.15) is 50.6 Å². The minimum absolute atomic E-state index is 0.109. The fourth-order valence-electron chi connectivity index (χ4n) is 1.89. The summed E-state index contributed by atoms with van der Waals surface area (Å²) in [6.07, 6.45) is 3.19. The highest BCUT2D eigenvalue weighted by molar-refractivity contribution is 5.81. The quantitative estimate of drug-likeness (QED) is 0.772. The van der Waals surface area contributed by atoms with Crippen LogP contribution in [0.15, 0.2) is 4.52 Å². The van der Waals surface area contributed by atoms with E-state index in [1.807, 2.05) is 20.8 Å². The number of nitrogens with one attached hydrogen (secondary N) is 1. The molecule has 5 heteroatoms. The molecule has 3 N–H and O–H groups in total. The van der Waals surface area contributed by atoms with Gasteiger partial charge in [0, 0.05) is 18.5 Å². The first kappa shape index (κ1) is 14.7. The molecule has 1 rings (SSSR count). The predicted octanol–water partition coefficient (Wildman–Crippen LogP) is 1.54. The van der Waals surface area contributed by atoms with Crippen LogP contribution in [0.25, 0.3) is 0 Å². The summed E-state index contributed by atoms with van der Waals surface area (Å²) in [6, 6.07) is -0.426. The molecule has 0 aliphatic carbocycles. The summed E-state index contributed by atoms with van der Waals surface area (Å²) in [5.41, 5.74) is 7.67. The molecule has 0 aliphatic heterocycles. The van der Waals surface area contributed by atoms with Crippen molar-refractivity contribution in [2.45, 2.75) is 59.0 Å². The lowest BCUT2D eigenvalue weighted by Gasteiger charge is -2.11. The Kier molecular flexibility index (Phi) is 5.85. The van der Waals surface area contributed by atoms with Gasteiger partial charge in [0.1, 0.15) is 5.76 Å². The van der Waals surface area contributed by atoms with Crippen molar-refractivity contribution in [3.8, 4) is 0 Å². The van der Waals surface area contributed by atoms with E-state index in [-0.39, 0.29) is 5.91 Å². The number of hydrogen-bond acceptors (Lipinski definition) is 4. The van der Waals surface area contributed by atoms with Gasteiger partial charge in [-0.1, -0.05) is 32.3 Å². The van der Waals surface area contributed by atoms with Crippen molar-refractivity contribution in [1.29, 1.82) is 0 Å². The van der Waals surface area contributed by atoms with Crippen LogP contribution in [0, 0.1) is 0 Å². The van der Waals surface area contributed by atoms with E-state index in [1.54, 1.807) is 0 Å². The van der Waals surface area contributed by atoms with Gasteiger partial charge < -0.3 is 15.6 Å². The Hall–Kier alpha value is -1.36. The molecule has 1 heterocycles. The molecule has 0 aromatic carbocycles. The second kappa shape index (κ2) is 7.16. The molecule has 1 amide bonds. The van der Waals surface area contributed by atoms with Crippen molar-refractivity contribution in [3.05, 3.63) is 17.0 Å². The number of nitrogens with zero attached hydrogens (tertiary/aromatic N) is 1. The molecule has 0 saturated carbocycles. The van der Waals surface area contributed by atoms with Crippen molar-refractivity contribution in [2.24, 2.45) is 5.73 Å². The molecule has 1 aromatic rings. The maximum atomic E-state index is 11.7. The Bertz CT molecular complexity index is 366. The monoisotopic (exact) mass is 253 g/mol. The van der Waals surface area contributed by atoms with E-state index in [4.69, 9.17) is 10.3 Å². The van der Waals surface area contributed by atoms with E-state index in [1.165, 1.54) is 0 Å². The Balaban J connectivity index is 2.62. The minimum atomic E-state index is -0.426. The summed E-state index contributed by atoms with van der Waals surface area (Å²) < 4.78 is 5.24. The second-order valence-electron chi connectivity index (χ2n) is 4.35. The number of carbonyl (C=O) groups is 1. The standard InChI is InChI=1S/C13H23N3O2/c1-4-7-10(14)13(17)15-8-9-11(5-2)16-18-12(9)6-3/h10H,4-8,14H2,1-3H3,(H,15,17). The maximum Gasteiger partial charge on any atom is 0.237 e. The molecule has 102 valence electrons. The van der Waals surface area contributed by atoms with Gasteiger partial charge in [-0.25, -0.2) is 0 Å². The summed E-state index contributed by atoms with van der Waals surface area (Å²) in [5, 5.41) is 6.86. The number of hydrogen-bond donors (Lipinski definition) is 2. The minimum Gasteiger partial charge on any atom is -0.361 e. The van der Waals surface area contributed by atoms with Gasteiger partial charge in [-0.05, 0) is 12.8 Å². The maximum absolute atomic E-state index is 11.7. The van der Waals surface area contributed by atoms with Crippen molar-refractivity contribution < 1.29 is 9.32 Å². The van der Waals surface area contributed by atoms with E-state index < -0.39 is 6.04 Å². The zero-order valence-corrected chi connectivity index (χ0v) is 11.5. The lowest BCUT2D eigenvalue weighted by molar-refractivity contribution is -0.122. The molecule has 18 heavy (non-hydrogen) atoms. The summed E-state index contributed by atoms with van der Waals surface area (Å²) in [5.74, 6) is 0.735. The first-order valence-electron chi connectivity index (χ1n) is 6.63. The molecule has 0 radical (unpaired) electrons. The van der Waals surface area contributed by atoms with Crippen LogP contribution < -0.4 is 11.1 Å². The van der Waals surface area contributed by atoms with Gasteiger partial charge in [-0.15, -0.1) is 0 Å². The third-order valence-corrected chi connectivity index (χ3v) is 2.98. The lowest BCUT2D eigenvalue weighted by Crippen LogP contribution is -2.40. The fourth-order valence-corrected chi connectivity index (χ4v) is 1.89. The normalized spacial score (nSPS) is 12.4.